The van der Waals surface area contributed by atoms with Gasteiger partial charge in [0, 0.05) is 30.0 Å². The first-order valence-corrected chi connectivity index (χ1v) is 7.75. The van der Waals surface area contributed by atoms with E-state index in [1.807, 2.05) is 34.9 Å². The minimum absolute atomic E-state index is 0.351. The van der Waals surface area contributed by atoms with Crippen molar-refractivity contribution in [2.24, 2.45) is 0 Å². The van der Waals surface area contributed by atoms with E-state index in [0.29, 0.717) is 10.9 Å². The van der Waals surface area contributed by atoms with E-state index in [1.54, 1.807) is 6.20 Å². The van der Waals surface area contributed by atoms with Crippen molar-refractivity contribution < 1.29 is 0 Å². The van der Waals surface area contributed by atoms with Crippen LogP contribution in [-0.2, 0) is 0 Å². The fraction of sp³-hybridized carbons (Fsp3) is 0.214. The molecule has 0 atom stereocenters. The number of halogens is 2. The second kappa shape index (κ2) is 4.96. The lowest BCUT2D eigenvalue weighted by Gasteiger charge is -2.39. The van der Waals surface area contributed by atoms with Gasteiger partial charge in [0.2, 0.25) is 0 Å². The number of hydrogen-bond donors (Lipinski definition) is 0. The highest BCUT2D eigenvalue weighted by atomic mass is 79.9. The Hall–Kier alpha value is -1.66. The molecule has 3 aromatic rings. The molecule has 21 heavy (non-hydrogen) atoms. The normalized spacial score (nSPS) is 15.4. The molecule has 0 bridgehead atoms. The van der Waals surface area contributed by atoms with E-state index < -0.39 is 0 Å². The maximum atomic E-state index is 6.24. The number of pyridine rings is 2. The van der Waals surface area contributed by atoms with Crippen molar-refractivity contribution in [3.8, 4) is 0 Å². The second-order valence-electron chi connectivity index (χ2n) is 5.05. The highest BCUT2D eigenvalue weighted by Gasteiger charge is 2.33. The lowest BCUT2D eigenvalue weighted by molar-refractivity contribution is 0.493. The Kier molecular flexibility index (Phi) is 3.08. The van der Waals surface area contributed by atoms with Crippen LogP contribution in [-0.4, -0.2) is 32.7 Å². The topological polar surface area (TPSA) is 46.3 Å². The minimum atomic E-state index is 0.351. The fourth-order valence-corrected chi connectivity index (χ4v) is 3.34. The van der Waals surface area contributed by atoms with Crippen LogP contribution in [0.5, 0.6) is 0 Å². The van der Waals surface area contributed by atoms with Crippen LogP contribution >= 0.6 is 27.5 Å². The molecular formula is C14H11BrClN5. The monoisotopic (exact) mass is 363 g/mol. The SMILES string of the molecule is Clc1cc(Br)cnc1N1CC(c2nnc3ccccn23)C1. The molecule has 0 spiro atoms. The number of nitrogens with zero attached hydrogens (tertiary/aromatic N) is 5. The summed E-state index contributed by atoms with van der Waals surface area (Å²) in [7, 11) is 0. The van der Waals surface area contributed by atoms with Gasteiger partial charge in [-0.05, 0) is 34.1 Å². The van der Waals surface area contributed by atoms with E-state index in [2.05, 4.69) is 36.0 Å². The third-order valence-electron chi connectivity index (χ3n) is 3.67. The third-order valence-corrected chi connectivity index (χ3v) is 4.39. The first kappa shape index (κ1) is 13.0. The summed E-state index contributed by atoms with van der Waals surface area (Å²) >= 11 is 9.61. The molecule has 0 radical (unpaired) electrons. The van der Waals surface area contributed by atoms with Gasteiger partial charge in [0.1, 0.15) is 11.6 Å². The predicted octanol–water partition coefficient (Wildman–Crippen LogP) is 3.14. The fourth-order valence-electron chi connectivity index (χ4n) is 2.59. The van der Waals surface area contributed by atoms with Gasteiger partial charge in [-0.25, -0.2) is 4.98 Å². The van der Waals surface area contributed by atoms with Crippen LogP contribution in [0.15, 0.2) is 41.1 Å². The smallest absolute Gasteiger partial charge is 0.160 e. The molecule has 4 rings (SSSR count). The molecule has 106 valence electrons. The van der Waals surface area contributed by atoms with Crippen LogP contribution in [0.2, 0.25) is 5.02 Å². The number of aromatic nitrogens is 4. The highest BCUT2D eigenvalue weighted by Crippen LogP contribution is 2.34. The van der Waals surface area contributed by atoms with E-state index >= 15 is 0 Å². The van der Waals surface area contributed by atoms with Gasteiger partial charge in [-0.3, -0.25) is 4.40 Å². The number of anilines is 1. The summed E-state index contributed by atoms with van der Waals surface area (Å²) in [6.07, 6.45) is 3.76. The number of fused-ring (bicyclic) bond motifs is 1. The molecule has 0 aromatic carbocycles. The van der Waals surface area contributed by atoms with Crippen LogP contribution < -0.4 is 4.90 Å². The van der Waals surface area contributed by atoms with E-state index in [0.717, 1.165) is 34.9 Å². The number of rotatable bonds is 2. The van der Waals surface area contributed by atoms with Gasteiger partial charge in [-0.2, -0.15) is 0 Å². The van der Waals surface area contributed by atoms with Gasteiger partial charge in [-0.15, -0.1) is 10.2 Å². The van der Waals surface area contributed by atoms with Gasteiger partial charge < -0.3 is 4.90 Å². The molecule has 1 aliphatic heterocycles. The summed E-state index contributed by atoms with van der Waals surface area (Å²) in [6.45, 7) is 1.70. The molecule has 7 heteroatoms. The third kappa shape index (κ3) is 2.18. The zero-order valence-electron chi connectivity index (χ0n) is 10.9. The van der Waals surface area contributed by atoms with E-state index in [-0.39, 0.29) is 0 Å². The van der Waals surface area contributed by atoms with Gasteiger partial charge in [0.15, 0.2) is 5.65 Å². The lowest BCUT2D eigenvalue weighted by atomic mass is 9.99. The molecule has 5 nitrogen and oxygen atoms in total. The molecule has 1 fully saturated rings. The molecule has 3 aromatic heterocycles. The average Bonchev–Trinajstić information content (AvgIpc) is 2.84. The average molecular weight is 365 g/mol. The van der Waals surface area contributed by atoms with Crippen molar-refractivity contribution >= 4 is 39.0 Å². The van der Waals surface area contributed by atoms with E-state index in [9.17, 15) is 0 Å². The lowest BCUT2D eigenvalue weighted by Crippen LogP contribution is -2.46. The van der Waals surface area contributed by atoms with E-state index in [4.69, 9.17) is 11.6 Å². The van der Waals surface area contributed by atoms with Gasteiger partial charge in [-0.1, -0.05) is 17.7 Å². The van der Waals surface area contributed by atoms with Crippen molar-refractivity contribution in [2.75, 3.05) is 18.0 Å². The second-order valence-corrected chi connectivity index (χ2v) is 6.37. The van der Waals surface area contributed by atoms with Gasteiger partial charge in [0.05, 0.1) is 10.9 Å². The van der Waals surface area contributed by atoms with Crippen LogP contribution in [0, 0.1) is 0 Å². The first-order valence-electron chi connectivity index (χ1n) is 6.58. The Morgan fingerprint density at radius 2 is 2.10 bits per heavy atom. The molecule has 0 saturated carbocycles. The van der Waals surface area contributed by atoms with Gasteiger partial charge in [0.25, 0.3) is 0 Å². The number of hydrogen-bond acceptors (Lipinski definition) is 4. The molecule has 0 aliphatic carbocycles. The highest BCUT2D eigenvalue weighted by molar-refractivity contribution is 9.10. The maximum Gasteiger partial charge on any atom is 0.160 e. The standard InChI is InChI=1S/C14H11BrClN5/c15-10-5-11(16)14(17-6-10)20-7-9(8-20)13-19-18-12-3-1-2-4-21(12)13/h1-6,9H,7-8H2. The molecule has 0 amide bonds. The molecule has 0 unspecified atom stereocenters. The zero-order chi connectivity index (χ0) is 14.4. The van der Waals surface area contributed by atoms with Crippen LogP contribution in [0.3, 0.4) is 0 Å². The summed E-state index contributed by atoms with van der Waals surface area (Å²) in [5.41, 5.74) is 0.880. The summed E-state index contributed by atoms with van der Waals surface area (Å²) in [4.78, 5) is 6.54. The quantitative estimate of drug-likeness (QED) is 0.701. The Morgan fingerprint density at radius 1 is 1.24 bits per heavy atom. The first-order chi connectivity index (χ1) is 10.2. The van der Waals surface area contributed by atoms with Crippen molar-refractivity contribution in [3.05, 3.63) is 52.0 Å². The molecule has 1 aliphatic rings. The van der Waals surface area contributed by atoms with Crippen LogP contribution in [0.4, 0.5) is 5.82 Å². The summed E-state index contributed by atoms with van der Waals surface area (Å²) in [6, 6.07) is 7.78. The molecule has 4 heterocycles. The Labute approximate surface area is 134 Å². The molecular weight excluding hydrogens is 354 g/mol. The summed E-state index contributed by atoms with van der Waals surface area (Å²) in [5, 5.41) is 9.16. The van der Waals surface area contributed by atoms with Crippen LogP contribution in [0.1, 0.15) is 11.7 Å². The summed E-state index contributed by atoms with van der Waals surface area (Å²) in [5.74, 6) is 2.17. The molecule has 1 saturated heterocycles. The summed E-state index contributed by atoms with van der Waals surface area (Å²) < 4.78 is 2.93. The maximum absolute atomic E-state index is 6.24. The minimum Gasteiger partial charge on any atom is -0.354 e. The van der Waals surface area contributed by atoms with Gasteiger partial charge >= 0.3 is 0 Å². The van der Waals surface area contributed by atoms with Crippen LogP contribution in [0.25, 0.3) is 5.65 Å². The Morgan fingerprint density at radius 3 is 2.90 bits per heavy atom. The zero-order valence-corrected chi connectivity index (χ0v) is 13.3. The largest absolute Gasteiger partial charge is 0.354 e. The van der Waals surface area contributed by atoms with Crippen molar-refractivity contribution in [1.29, 1.82) is 0 Å². The molecule has 0 N–H and O–H groups in total. The Bertz CT molecular complexity index is 812. The van der Waals surface area contributed by atoms with Crippen molar-refractivity contribution in [3.63, 3.8) is 0 Å². The van der Waals surface area contributed by atoms with Crippen molar-refractivity contribution in [1.82, 2.24) is 19.6 Å². The van der Waals surface area contributed by atoms with Crippen molar-refractivity contribution in [2.45, 2.75) is 5.92 Å². The Balaban J connectivity index is 1.57. The predicted molar refractivity (Wildman–Crippen MR) is 84.9 cm³/mol. The van der Waals surface area contributed by atoms with E-state index in [1.165, 1.54) is 0 Å².